The maximum atomic E-state index is 13.1. The Bertz CT molecular complexity index is 458. The minimum atomic E-state index is -0.385. The molecule has 0 aliphatic heterocycles. The van der Waals surface area contributed by atoms with E-state index in [4.69, 9.17) is 5.73 Å². The van der Waals surface area contributed by atoms with Gasteiger partial charge in [-0.05, 0) is 47.0 Å². The van der Waals surface area contributed by atoms with Crippen LogP contribution in [0.1, 0.15) is 32.1 Å². The molecule has 1 saturated carbocycles. The van der Waals surface area contributed by atoms with E-state index in [2.05, 4.69) is 21.2 Å². The normalized spacial score (nSPS) is 17.7. The molecular weight excluding hydrogens is 299 g/mol. The molecule has 3 N–H and O–H groups in total. The van der Waals surface area contributed by atoms with Crippen LogP contribution in [0, 0.1) is 5.82 Å². The van der Waals surface area contributed by atoms with Crippen LogP contribution in [0.3, 0.4) is 0 Å². The maximum absolute atomic E-state index is 13.1. The van der Waals surface area contributed by atoms with Crippen molar-refractivity contribution in [1.82, 2.24) is 0 Å². The lowest BCUT2D eigenvalue weighted by Crippen LogP contribution is -2.40. The van der Waals surface area contributed by atoms with Crippen LogP contribution in [0.4, 0.5) is 10.1 Å². The van der Waals surface area contributed by atoms with E-state index in [9.17, 15) is 9.18 Å². The van der Waals surface area contributed by atoms with Crippen molar-refractivity contribution in [2.75, 3.05) is 5.32 Å². The van der Waals surface area contributed by atoms with Gasteiger partial charge in [-0.1, -0.05) is 12.8 Å². The standard InChI is InChI=1S/C13H16BrFN2O/c14-10-4-3-9(15)7-11(10)17-12(18)8-13(16)5-1-2-6-13/h3-4,7H,1-2,5-6,8,16H2,(H,17,18). The van der Waals surface area contributed by atoms with Gasteiger partial charge in [-0.25, -0.2) is 4.39 Å². The molecule has 0 unspecified atom stereocenters. The number of nitrogens with two attached hydrogens (primary N) is 1. The van der Waals surface area contributed by atoms with Gasteiger partial charge in [-0.3, -0.25) is 4.79 Å². The molecule has 1 aromatic rings. The molecule has 0 atom stereocenters. The molecule has 0 spiro atoms. The Labute approximate surface area is 114 Å². The first-order chi connectivity index (χ1) is 8.48. The average Bonchev–Trinajstić information content (AvgIpc) is 2.70. The van der Waals surface area contributed by atoms with Gasteiger partial charge in [-0.15, -0.1) is 0 Å². The summed E-state index contributed by atoms with van der Waals surface area (Å²) in [6.07, 6.45) is 4.20. The summed E-state index contributed by atoms with van der Waals surface area (Å²) in [6.45, 7) is 0. The van der Waals surface area contributed by atoms with Gasteiger partial charge in [0.1, 0.15) is 5.82 Å². The Morgan fingerprint density at radius 1 is 1.44 bits per heavy atom. The zero-order valence-electron chi connectivity index (χ0n) is 10.0. The molecule has 3 nitrogen and oxygen atoms in total. The summed E-state index contributed by atoms with van der Waals surface area (Å²) >= 11 is 3.27. The van der Waals surface area contributed by atoms with E-state index in [1.54, 1.807) is 6.07 Å². The van der Waals surface area contributed by atoms with Crippen molar-refractivity contribution in [3.05, 3.63) is 28.5 Å². The van der Waals surface area contributed by atoms with Crippen LogP contribution in [0.25, 0.3) is 0 Å². The van der Waals surface area contributed by atoms with Gasteiger partial charge in [0.25, 0.3) is 0 Å². The van der Waals surface area contributed by atoms with E-state index >= 15 is 0 Å². The van der Waals surface area contributed by atoms with Crippen LogP contribution in [0.5, 0.6) is 0 Å². The van der Waals surface area contributed by atoms with E-state index in [-0.39, 0.29) is 23.7 Å². The third kappa shape index (κ3) is 3.29. The van der Waals surface area contributed by atoms with Crippen molar-refractivity contribution in [2.45, 2.75) is 37.6 Å². The molecule has 0 heterocycles. The smallest absolute Gasteiger partial charge is 0.226 e. The predicted octanol–water partition coefficient (Wildman–Crippen LogP) is 3.19. The number of halogens is 2. The summed E-state index contributed by atoms with van der Waals surface area (Å²) in [6, 6.07) is 4.19. The third-order valence-corrected chi connectivity index (χ3v) is 4.01. The number of hydrogen-bond acceptors (Lipinski definition) is 2. The number of rotatable bonds is 3. The van der Waals surface area contributed by atoms with Crippen molar-refractivity contribution in [1.29, 1.82) is 0 Å². The van der Waals surface area contributed by atoms with Crippen molar-refractivity contribution in [3.8, 4) is 0 Å². The van der Waals surface area contributed by atoms with Crippen molar-refractivity contribution >= 4 is 27.5 Å². The first-order valence-electron chi connectivity index (χ1n) is 6.02. The molecule has 1 fully saturated rings. The number of carbonyl (C=O) groups excluding carboxylic acids is 1. The summed E-state index contributed by atoms with van der Waals surface area (Å²) in [4.78, 5) is 11.9. The fourth-order valence-corrected chi connectivity index (χ4v) is 2.71. The highest BCUT2D eigenvalue weighted by atomic mass is 79.9. The number of carbonyl (C=O) groups is 1. The van der Waals surface area contributed by atoms with Gasteiger partial charge < -0.3 is 11.1 Å². The average molecular weight is 315 g/mol. The fourth-order valence-electron chi connectivity index (χ4n) is 2.36. The second kappa shape index (κ2) is 5.36. The Morgan fingerprint density at radius 2 is 2.11 bits per heavy atom. The van der Waals surface area contributed by atoms with E-state index in [1.807, 2.05) is 0 Å². The molecule has 0 radical (unpaired) electrons. The van der Waals surface area contributed by atoms with Gasteiger partial charge in [0, 0.05) is 16.4 Å². The highest BCUT2D eigenvalue weighted by molar-refractivity contribution is 9.10. The quantitative estimate of drug-likeness (QED) is 0.900. The summed E-state index contributed by atoms with van der Waals surface area (Å²) < 4.78 is 13.7. The van der Waals surface area contributed by atoms with Crippen LogP contribution >= 0.6 is 15.9 Å². The molecule has 1 aliphatic carbocycles. The van der Waals surface area contributed by atoms with E-state index in [0.29, 0.717) is 10.2 Å². The number of hydrogen-bond donors (Lipinski definition) is 2. The number of benzene rings is 1. The zero-order chi connectivity index (χ0) is 13.2. The summed E-state index contributed by atoms with van der Waals surface area (Å²) in [5.41, 5.74) is 6.20. The number of anilines is 1. The second-order valence-electron chi connectivity index (χ2n) is 4.92. The molecule has 2 rings (SSSR count). The molecule has 1 aromatic carbocycles. The monoisotopic (exact) mass is 314 g/mol. The van der Waals surface area contributed by atoms with Crippen LogP contribution in [0.15, 0.2) is 22.7 Å². The number of nitrogens with one attached hydrogen (secondary N) is 1. The lowest BCUT2D eigenvalue weighted by Gasteiger charge is -2.22. The molecule has 1 aliphatic rings. The van der Waals surface area contributed by atoms with E-state index in [0.717, 1.165) is 25.7 Å². The molecule has 0 bridgehead atoms. The zero-order valence-corrected chi connectivity index (χ0v) is 11.6. The molecule has 1 amide bonds. The van der Waals surface area contributed by atoms with Crippen LogP contribution in [-0.4, -0.2) is 11.4 Å². The molecular formula is C13H16BrFN2O. The van der Waals surface area contributed by atoms with E-state index < -0.39 is 0 Å². The second-order valence-corrected chi connectivity index (χ2v) is 5.77. The minimum Gasteiger partial charge on any atom is -0.325 e. The maximum Gasteiger partial charge on any atom is 0.226 e. The lowest BCUT2D eigenvalue weighted by atomic mass is 9.94. The first kappa shape index (κ1) is 13.5. The Hall–Kier alpha value is -0.940. The third-order valence-electron chi connectivity index (χ3n) is 3.31. The molecule has 5 heteroatoms. The molecule has 98 valence electrons. The van der Waals surface area contributed by atoms with Gasteiger partial charge in [0.2, 0.25) is 5.91 Å². The van der Waals surface area contributed by atoms with E-state index in [1.165, 1.54) is 12.1 Å². The highest BCUT2D eigenvalue weighted by Crippen LogP contribution is 2.31. The van der Waals surface area contributed by atoms with Crippen molar-refractivity contribution in [2.24, 2.45) is 5.73 Å². The number of amides is 1. The van der Waals surface area contributed by atoms with Crippen molar-refractivity contribution in [3.63, 3.8) is 0 Å². The highest BCUT2D eigenvalue weighted by Gasteiger charge is 2.31. The SMILES string of the molecule is NC1(CC(=O)Nc2cc(F)ccc2Br)CCCC1. The Kier molecular flexibility index (Phi) is 4.02. The van der Waals surface area contributed by atoms with Crippen molar-refractivity contribution < 1.29 is 9.18 Å². The fraction of sp³-hybridized carbons (Fsp3) is 0.462. The van der Waals surface area contributed by atoms with Gasteiger partial charge in [-0.2, -0.15) is 0 Å². The first-order valence-corrected chi connectivity index (χ1v) is 6.82. The molecule has 18 heavy (non-hydrogen) atoms. The summed E-state index contributed by atoms with van der Waals surface area (Å²) in [5, 5.41) is 2.70. The Morgan fingerprint density at radius 3 is 2.78 bits per heavy atom. The van der Waals surface area contributed by atoms with Crippen LogP contribution < -0.4 is 11.1 Å². The van der Waals surface area contributed by atoms with Gasteiger partial charge in [0.05, 0.1) is 5.69 Å². The van der Waals surface area contributed by atoms with Crippen LogP contribution in [0.2, 0.25) is 0 Å². The lowest BCUT2D eigenvalue weighted by molar-refractivity contribution is -0.117. The Balaban J connectivity index is 2.00. The predicted molar refractivity (Wildman–Crippen MR) is 72.7 cm³/mol. The summed E-state index contributed by atoms with van der Waals surface area (Å²) in [5.74, 6) is -0.539. The topological polar surface area (TPSA) is 55.1 Å². The van der Waals surface area contributed by atoms with Crippen LogP contribution in [-0.2, 0) is 4.79 Å². The molecule has 0 saturated heterocycles. The summed E-state index contributed by atoms with van der Waals surface area (Å²) in [7, 11) is 0. The van der Waals surface area contributed by atoms with Gasteiger partial charge in [0.15, 0.2) is 0 Å². The molecule has 0 aromatic heterocycles. The largest absolute Gasteiger partial charge is 0.325 e. The van der Waals surface area contributed by atoms with Gasteiger partial charge >= 0.3 is 0 Å². The minimum absolute atomic E-state index is 0.161.